The first-order valence-corrected chi connectivity index (χ1v) is 11.9. The molecule has 1 saturated heterocycles. The molecule has 0 spiro atoms. The number of carbonyl (C=O) groups excluding carboxylic acids is 1. The van der Waals surface area contributed by atoms with Crippen LogP contribution in [-0.4, -0.2) is 63.1 Å². The summed E-state index contributed by atoms with van der Waals surface area (Å²) in [5, 5.41) is 1.23. The van der Waals surface area contributed by atoms with Crippen molar-refractivity contribution >= 4 is 33.8 Å². The Bertz CT molecular complexity index is 983. The van der Waals surface area contributed by atoms with Crippen molar-refractivity contribution in [1.82, 2.24) is 9.21 Å². The van der Waals surface area contributed by atoms with Crippen LogP contribution in [-0.2, 0) is 10.0 Å². The van der Waals surface area contributed by atoms with E-state index in [1.54, 1.807) is 35.9 Å². The molecule has 0 radical (unpaired) electrons. The lowest BCUT2D eigenvalue weighted by Crippen LogP contribution is -2.50. The number of ether oxygens (including phenoxy) is 1. The van der Waals surface area contributed by atoms with Crippen LogP contribution < -0.4 is 4.74 Å². The number of sulfonamides is 1. The lowest BCUT2D eigenvalue weighted by Gasteiger charge is -2.33. The molecule has 0 saturated carbocycles. The van der Waals surface area contributed by atoms with Crippen LogP contribution in [0.1, 0.15) is 15.9 Å². The van der Waals surface area contributed by atoms with Gasteiger partial charge in [-0.15, -0.1) is 11.8 Å². The van der Waals surface area contributed by atoms with E-state index in [0.29, 0.717) is 24.4 Å². The predicted molar refractivity (Wildman–Crippen MR) is 117 cm³/mol. The molecule has 1 heterocycles. The van der Waals surface area contributed by atoms with Gasteiger partial charge < -0.3 is 9.64 Å². The third-order valence-electron chi connectivity index (χ3n) is 4.76. The highest BCUT2D eigenvalue weighted by Gasteiger charge is 2.29. The first-order valence-electron chi connectivity index (χ1n) is 9.19. The van der Waals surface area contributed by atoms with Crippen molar-refractivity contribution in [3.63, 3.8) is 0 Å². The number of methoxy groups -OCH3 is 1. The van der Waals surface area contributed by atoms with Crippen molar-refractivity contribution < 1.29 is 17.9 Å². The monoisotopic (exact) mass is 432 g/mol. The van der Waals surface area contributed by atoms with Gasteiger partial charge in [0.1, 0.15) is 5.75 Å². The molecule has 1 aliphatic heterocycles. The van der Waals surface area contributed by atoms with E-state index in [1.807, 2.05) is 48.7 Å². The number of rotatable bonds is 6. The molecular formula is C21H24N2O4S2. The minimum absolute atomic E-state index is 0.147. The molecule has 1 amide bonds. The van der Waals surface area contributed by atoms with E-state index in [0.717, 1.165) is 10.5 Å². The number of benzene rings is 2. The molecule has 154 valence electrons. The molecule has 3 rings (SSSR count). The highest BCUT2D eigenvalue weighted by molar-refractivity contribution is 7.98. The molecule has 0 atom stereocenters. The van der Waals surface area contributed by atoms with Gasteiger partial charge in [-0.2, -0.15) is 4.31 Å². The smallest absolute Gasteiger partial charge is 0.257 e. The molecule has 6 nitrogen and oxygen atoms in total. The van der Waals surface area contributed by atoms with Crippen molar-refractivity contribution in [1.29, 1.82) is 0 Å². The number of piperazine rings is 1. The lowest BCUT2D eigenvalue weighted by atomic mass is 10.1. The van der Waals surface area contributed by atoms with Gasteiger partial charge in [0.2, 0.25) is 10.0 Å². The molecule has 2 aromatic rings. The number of thioether (sulfide) groups is 1. The Kier molecular flexibility index (Phi) is 7.00. The van der Waals surface area contributed by atoms with E-state index in [1.165, 1.54) is 9.71 Å². The van der Waals surface area contributed by atoms with E-state index in [4.69, 9.17) is 4.74 Å². The number of hydrogen-bond acceptors (Lipinski definition) is 5. The molecule has 2 aromatic carbocycles. The summed E-state index contributed by atoms with van der Waals surface area (Å²) in [4.78, 5) is 15.6. The Morgan fingerprint density at radius 2 is 1.76 bits per heavy atom. The standard InChI is InChI=1S/C21H24N2O4S2/c1-27-20-16-18(28-2)8-9-19(20)21(24)22-11-13-23(14-12-22)29(25,26)15-10-17-6-4-3-5-7-17/h3-10,15-16H,11-14H2,1-2H3/b15-10+. The van der Waals surface area contributed by atoms with Crippen LogP contribution >= 0.6 is 11.8 Å². The van der Waals surface area contributed by atoms with Gasteiger partial charge in [-0.1, -0.05) is 30.3 Å². The molecule has 0 unspecified atom stereocenters. The van der Waals surface area contributed by atoms with Gasteiger partial charge in [-0.25, -0.2) is 8.42 Å². The normalized spacial score (nSPS) is 15.6. The van der Waals surface area contributed by atoms with Gasteiger partial charge in [0, 0.05) is 36.5 Å². The summed E-state index contributed by atoms with van der Waals surface area (Å²) in [7, 11) is -1.99. The summed E-state index contributed by atoms with van der Waals surface area (Å²) in [6.07, 6.45) is 3.55. The summed E-state index contributed by atoms with van der Waals surface area (Å²) < 4.78 is 32.0. The molecule has 0 aromatic heterocycles. The molecule has 0 N–H and O–H groups in total. The minimum atomic E-state index is -3.53. The second-order valence-corrected chi connectivity index (χ2v) is 9.21. The second-order valence-electron chi connectivity index (χ2n) is 6.52. The maximum absolute atomic E-state index is 12.9. The van der Waals surface area contributed by atoms with E-state index in [9.17, 15) is 13.2 Å². The Hall–Kier alpha value is -2.29. The fourth-order valence-electron chi connectivity index (χ4n) is 3.11. The van der Waals surface area contributed by atoms with Crippen molar-refractivity contribution in [2.45, 2.75) is 4.90 Å². The van der Waals surface area contributed by atoms with Gasteiger partial charge >= 0.3 is 0 Å². The number of hydrogen-bond donors (Lipinski definition) is 0. The average Bonchev–Trinajstić information content (AvgIpc) is 2.77. The molecule has 1 aliphatic rings. The number of amides is 1. The molecule has 29 heavy (non-hydrogen) atoms. The van der Waals surface area contributed by atoms with Gasteiger partial charge in [0.15, 0.2) is 0 Å². The Morgan fingerprint density at radius 3 is 2.38 bits per heavy atom. The average molecular weight is 433 g/mol. The van der Waals surface area contributed by atoms with Crippen molar-refractivity contribution in [3.8, 4) is 5.75 Å². The maximum Gasteiger partial charge on any atom is 0.257 e. The van der Waals surface area contributed by atoms with Crippen molar-refractivity contribution in [2.75, 3.05) is 39.5 Å². The Morgan fingerprint density at radius 1 is 1.07 bits per heavy atom. The zero-order valence-corrected chi connectivity index (χ0v) is 18.1. The maximum atomic E-state index is 12.9. The zero-order chi connectivity index (χ0) is 20.9. The summed E-state index contributed by atoms with van der Waals surface area (Å²) in [5.74, 6) is 0.383. The van der Waals surface area contributed by atoms with Gasteiger partial charge in [-0.05, 0) is 36.1 Å². The third-order valence-corrected chi connectivity index (χ3v) is 7.05. The first kappa shape index (κ1) is 21.4. The zero-order valence-electron chi connectivity index (χ0n) is 16.4. The molecule has 0 aliphatic carbocycles. The van der Waals surface area contributed by atoms with Crippen LogP contribution in [0.2, 0.25) is 0 Å². The van der Waals surface area contributed by atoms with Gasteiger partial charge in [0.05, 0.1) is 12.7 Å². The van der Waals surface area contributed by atoms with E-state index < -0.39 is 10.0 Å². The highest BCUT2D eigenvalue weighted by Crippen LogP contribution is 2.27. The second kappa shape index (κ2) is 9.47. The van der Waals surface area contributed by atoms with E-state index in [-0.39, 0.29) is 19.0 Å². The third kappa shape index (κ3) is 5.20. The summed E-state index contributed by atoms with van der Waals surface area (Å²) in [6.45, 7) is 1.20. The SMILES string of the molecule is COc1cc(SC)ccc1C(=O)N1CCN(S(=O)(=O)/C=C/c2ccccc2)CC1. The van der Waals surface area contributed by atoms with Crippen LogP contribution in [0.3, 0.4) is 0 Å². The van der Waals surface area contributed by atoms with Crippen molar-refractivity contribution in [2.24, 2.45) is 0 Å². The van der Waals surface area contributed by atoms with Crippen LogP contribution in [0.25, 0.3) is 6.08 Å². The first-order chi connectivity index (χ1) is 13.9. The van der Waals surface area contributed by atoms with Crippen LogP contribution in [0, 0.1) is 0 Å². The molecule has 1 fully saturated rings. The minimum Gasteiger partial charge on any atom is -0.496 e. The summed E-state index contributed by atoms with van der Waals surface area (Å²) >= 11 is 1.58. The Balaban J connectivity index is 1.65. The van der Waals surface area contributed by atoms with Gasteiger partial charge in [-0.3, -0.25) is 4.79 Å². The lowest BCUT2D eigenvalue weighted by molar-refractivity contribution is 0.0695. The molecular weight excluding hydrogens is 408 g/mol. The number of nitrogens with zero attached hydrogens (tertiary/aromatic N) is 2. The van der Waals surface area contributed by atoms with Crippen molar-refractivity contribution in [3.05, 3.63) is 65.1 Å². The topological polar surface area (TPSA) is 66.9 Å². The van der Waals surface area contributed by atoms with Crippen LogP contribution in [0.4, 0.5) is 0 Å². The van der Waals surface area contributed by atoms with Gasteiger partial charge in [0.25, 0.3) is 5.91 Å². The fourth-order valence-corrected chi connectivity index (χ4v) is 4.71. The summed E-state index contributed by atoms with van der Waals surface area (Å²) in [6, 6.07) is 14.8. The molecule has 0 bridgehead atoms. The quantitative estimate of drug-likeness (QED) is 0.656. The Labute approximate surface area is 176 Å². The van der Waals surface area contributed by atoms with Crippen LogP contribution in [0.5, 0.6) is 5.75 Å². The highest BCUT2D eigenvalue weighted by atomic mass is 32.2. The summed E-state index contributed by atoms with van der Waals surface area (Å²) in [5.41, 5.74) is 1.32. The largest absolute Gasteiger partial charge is 0.496 e. The predicted octanol–water partition coefficient (Wildman–Crippen LogP) is 3.18. The van der Waals surface area contributed by atoms with Crippen LogP contribution in [0.15, 0.2) is 58.8 Å². The van der Waals surface area contributed by atoms with E-state index in [2.05, 4.69) is 0 Å². The molecule has 8 heteroatoms. The number of carbonyl (C=O) groups is 1. The fraction of sp³-hybridized carbons (Fsp3) is 0.286. The van der Waals surface area contributed by atoms with E-state index >= 15 is 0 Å².